The fourth-order valence-corrected chi connectivity index (χ4v) is 2.23. The summed E-state index contributed by atoms with van der Waals surface area (Å²) in [6.45, 7) is 6.72. The maximum atomic E-state index is 12.1. The smallest absolute Gasteiger partial charge is 0.254 e. The third kappa shape index (κ3) is 3.96. The van der Waals surface area contributed by atoms with Crippen molar-refractivity contribution in [2.75, 3.05) is 18.8 Å². The lowest BCUT2D eigenvalue weighted by Crippen LogP contribution is -2.46. The fourth-order valence-electron chi connectivity index (χ4n) is 1.87. The number of carbonyl (C=O) groups is 2. The quantitative estimate of drug-likeness (QED) is 0.804. The molecule has 0 radical (unpaired) electrons. The standard InChI is InChI=1S/C14H20BrN3O2/c1-4-18(5-2)14(20)9(3)17-13(19)11-8-10(15)6-7-12(11)16/h6-9H,4-5,16H2,1-3H3,(H,17,19). The molecule has 0 saturated carbocycles. The van der Waals surface area contributed by atoms with Gasteiger partial charge in [-0.3, -0.25) is 9.59 Å². The minimum absolute atomic E-state index is 0.100. The molecule has 1 unspecified atom stereocenters. The predicted molar refractivity (Wildman–Crippen MR) is 83.4 cm³/mol. The van der Waals surface area contributed by atoms with E-state index in [-0.39, 0.29) is 11.8 Å². The number of rotatable bonds is 5. The van der Waals surface area contributed by atoms with Gasteiger partial charge >= 0.3 is 0 Å². The van der Waals surface area contributed by atoms with Crippen LogP contribution in [0.3, 0.4) is 0 Å². The van der Waals surface area contributed by atoms with E-state index in [0.29, 0.717) is 24.3 Å². The molecule has 0 bridgehead atoms. The summed E-state index contributed by atoms with van der Waals surface area (Å²) in [4.78, 5) is 25.9. The largest absolute Gasteiger partial charge is 0.398 e. The number of benzene rings is 1. The van der Waals surface area contributed by atoms with Crippen molar-refractivity contribution in [2.45, 2.75) is 26.8 Å². The zero-order valence-corrected chi connectivity index (χ0v) is 13.5. The number of hydrogen-bond acceptors (Lipinski definition) is 3. The Kier molecular flexibility index (Phi) is 6.01. The summed E-state index contributed by atoms with van der Waals surface area (Å²) in [6.07, 6.45) is 0. The Labute approximate surface area is 127 Å². The predicted octanol–water partition coefficient (Wildman–Crippen LogP) is 2.02. The second kappa shape index (κ2) is 7.28. The third-order valence-electron chi connectivity index (χ3n) is 3.05. The Morgan fingerprint density at radius 1 is 1.35 bits per heavy atom. The van der Waals surface area contributed by atoms with Crippen molar-refractivity contribution in [3.8, 4) is 0 Å². The molecule has 0 aliphatic carbocycles. The molecule has 0 saturated heterocycles. The summed E-state index contributed by atoms with van der Waals surface area (Å²) in [5, 5.41) is 2.68. The number of nitrogens with one attached hydrogen (secondary N) is 1. The van der Waals surface area contributed by atoms with Gasteiger partial charge in [0, 0.05) is 23.2 Å². The lowest BCUT2D eigenvalue weighted by atomic mass is 10.1. The molecule has 3 N–H and O–H groups in total. The lowest BCUT2D eigenvalue weighted by Gasteiger charge is -2.23. The van der Waals surface area contributed by atoms with Crippen LogP contribution >= 0.6 is 15.9 Å². The van der Waals surface area contributed by atoms with Gasteiger partial charge in [0.15, 0.2) is 0 Å². The van der Waals surface area contributed by atoms with Crippen molar-refractivity contribution in [1.82, 2.24) is 10.2 Å². The number of carbonyl (C=O) groups excluding carboxylic acids is 2. The molecule has 1 rings (SSSR count). The van der Waals surface area contributed by atoms with Crippen molar-refractivity contribution in [1.29, 1.82) is 0 Å². The van der Waals surface area contributed by atoms with Crippen LogP contribution in [0.5, 0.6) is 0 Å². The zero-order chi connectivity index (χ0) is 15.3. The van der Waals surface area contributed by atoms with Gasteiger partial charge < -0.3 is 16.0 Å². The van der Waals surface area contributed by atoms with Crippen molar-refractivity contribution in [3.63, 3.8) is 0 Å². The molecule has 0 fully saturated rings. The fraction of sp³-hybridized carbons (Fsp3) is 0.429. The SMILES string of the molecule is CCN(CC)C(=O)C(C)NC(=O)c1cc(Br)ccc1N. The number of hydrogen-bond donors (Lipinski definition) is 2. The van der Waals surface area contributed by atoms with Crippen LogP contribution in [0, 0.1) is 0 Å². The second-order valence-corrected chi connectivity index (χ2v) is 5.35. The van der Waals surface area contributed by atoms with Crippen molar-refractivity contribution in [2.24, 2.45) is 0 Å². The highest BCUT2D eigenvalue weighted by Crippen LogP contribution is 2.18. The molecule has 0 aliphatic rings. The highest BCUT2D eigenvalue weighted by Gasteiger charge is 2.21. The van der Waals surface area contributed by atoms with E-state index >= 15 is 0 Å². The second-order valence-electron chi connectivity index (χ2n) is 4.44. The highest BCUT2D eigenvalue weighted by molar-refractivity contribution is 9.10. The van der Waals surface area contributed by atoms with E-state index in [0.717, 1.165) is 4.47 Å². The van der Waals surface area contributed by atoms with Gasteiger partial charge in [-0.1, -0.05) is 15.9 Å². The Morgan fingerprint density at radius 2 is 1.95 bits per heavy atom. The Morgan fingerprint density at radius 3 is 2.50 bits per heavy atom. The molecule has 1 atom stereocenters. The number of halogens is 1. The molecule has 20 heavy (non-hydrogen) atoms. The van der Waals surface area contributed by atoms with Crippen LogP contribution in [0.2, 0.25) is 0 Å². The van der Waals surface area contributed by atoms with E-state index in [4.69, 9.17) is 5.73 Å². The van der Waals surface area contributed by atoms with E-state index in [9.17, 15) is 9.59 Å². The van der Waals surface area contributed by atoms with Crippen LogP contribution in [0.1, 0.15) is 31.1 Å². The van der Waals surface area contributed by atoms with E-state index in [1.54, 1.807) is 30.0 Å². The Hall–Kier alpha value is -1.56. The molecule has 6 heteroatoms. The van der Waals surface area contributed by atoms with Gasteiger partial charge in [0.05, 0.1) is 5.56 Å². The molecule has 0 spiro atoms. The monoisotopic (exact) mass is 341 g/mol. The van der Waals surface area contributed by atoms with E-state index in [1.807, 2.05) is 13.8 Å². The van der Waals surface area contributed by atoms with Gasteiger partial charge in [0.2, 0.25) is 5.91 Å². The van der Waals surface area contributed by atoms with Gasteiger partial charge in [-0.2, -0.15) is 0 Å². The number of nitrogens with two attached hydrogens (primary N) is 1. The molecular weight excluding hydrogens is 322 g/mol. The van der Waals surface area contributed by atoms with Crippen LogP contribution in [-0.4, -0.2) is 35.8 Å². The third-order valence-corrected chi connectivity index (χ3v) is 3.55. The van der Waals surface area contributed by atoms with Crippen molar-refractivity contribution < 1.29 is 9.59 Å². The summed E-state index contributed by atoms with van der Waals surface area (Å²) in [5.74, 6) is -0.450. The summed E-state index contributed by atoms with van der Waals surface area (Å²) in [5.41, 5.74) is 6.52. The number of likely N-dealkylation sites (N-methyl/N-ethyl adjacent to an activating group) is 1. The van der Waals surface area contributed by atoms with Gasteiger partial charge in [-0.05, 0) is 39.0 Å². The van der Waals surface area contributed by atoms with Crippen LogP contribution in [0.4, 0.5) is 5.69 Å². The number of amides is 2. The Bertz CT molecular complexity index is 501. The summed E-state index contributed by atoms with van der Waals surface area (Å²) in [7, 11) is 0. The van der Waals surface area contributed by atoms with Crippen LogP contribution in [0.15, 0.2) is 22.7 Å². The molecular formula is C14H20BrN3O2. The minimum atomic E-state index is -0.583. The van der Waals surface area contributed by atoms with Crippen molar-refractivity contribution >= 4 is 33.4 Å². The van der Waals surface area contributed by atoms with E-state index < -0.39 is 6.04 Å². The molecule has 1 aromatic rings. The summed E-state index contributed by atoms with van der Waals surface area (Å²) >= 11 is 3.29. The number of anilines is 1. The normalized spacial score (nSPS) is 11.8. The molecule has 110 valence electrons. The number of nitrogen functional groups attached to an aromatic ring is 1. The van der Waals surface area contributed by atoms with Gasteiger partial charge in [0.1, 0.15) is 6.04 Å². The van der Waals surface area contributed by atoms with E-state index in [2.05, 4.69) is 21.2 Å². The first-order chi connectivity index (χ1) is 9.40. The molecule has 0 heterocycles. The van der Waals surface area contributed by atoms with Gasteiger partial charge in [-0.15, -0.1) is 0 Å². The first-order valence-electron chi connectivity index (χ1n) is 6.55. The van der Waals surface area contributed by atoms with E-state index in [1.165, 1.54) is 0 Å². The van der Waals surface area contributed by atoms with Crippen molar-refractivity contribution in [3.05, 3.63) is 28.2 Å². The molecule has 5 nitrogen and oxygen atoms in total. The lowest BCUT2D eigenvalue weighted by molar-refractivity contribution is -0.132. The topological polar surface area (TPSA) is 75.4 Å². The average Bonchev–Trinajstić information content (AvgIpc) is 2.42. The molecule has 1 aromatic carbocycles. The molecule has 2 amide bonds. The minimum Gasteiger partial charge on any atom is -0.398 e. The van der Waals surface area contributed by atoms with Crippen LogP contribution < -0.4 is 11.1 Å². The highest BCUT2D eigenvalue weighted by atomic mass is 79.9. The number of nitrogens with zero attached hydrogens (tertiary/aromatic N) is 1. The van der Waals surface area contributed by atoms with Crippen LogP contribution in [-0.2, 0) is 4.79 Å². The average molecular weight is 342 g/mol. The first kappa shape index (κ1) is 16.5. The Balaban J connectivity index is 2.80. The first-order valence-corrected chi connectivity index (χ1v) is 7.34. The molecule has 0 aliphatic heterocycles. The zero-order valence-electron chi connectivity index (χ0n) is 11.9. The summed E-state index contributed by atoms with van der Waals surface area (Å²) < 4.78 is 0.763. The maximum Gasteiger partial charge on any atom is 0.254 e. The van der Waals surface area contributed by atoms with Gasteiger partial charge in [0.25, 0.3) is 5.91 Å². The summed E-state index contributed by atoms with van der Waals surface area (Å²) in [6, 6.07) is 4.46. The van der Waals surface area contributed by atoms with Gasteiger partial charge in [-0.25, -0.2) is 0 Å². The molecule has 0 aromatic heterocycles. The van der Waals surface area contributed by atoms with Crippen LogP contribution in [0.25, 0.3) is 0 Å². The maximum absolute atomic E-state index is 12.1.